The lowest BCUT2D eigenvalue weighted by molar-refractivity contribution is -0.118. The number of amides is 1. The molecular weight excluding hydrogens is 316 g/mol. The minimum atomic E-state index is 0.00579. The molecule has 0 spiro atoms. The lowest BCUT2D eigenvalue weighted by Gasteiger charge is -2.16. The molecule has 0 heterocycles. The van der Waals surface area contributed by atoms with Crippen molar-refractivity contribution in [3.8, 4) is 22.6 Å². The molecule has 0 aliphatic heterocycles. The molecule has 5 nitrogen and oxygen atoms in total. The summed E-state index contributed by atoms with van der Waals surface area (Å²) in [5.41, 5.74) is 3.40. The van der Waals surface area contributed by atoms with Gasteiger partial charge in [0.15, 0.2) is 11.5 Å². The van der Waals surface area contributed by atoms with Gasteiger partial charge in [-0.1, -0.05) is 30.3 Å². The first-order chi connectivity index (χ1) is 12.2. The monoisotopic (exact) mass is 342 g/mol. The highest BCUT2D eigenvalue weighted by atomic mass is 16.5. The van der Waals surface area contributed by atoms with Gasteiger partial charge >= 0.3 is 0 Å². The minimum Gasteiger partial charge on any atom is -0.493 e. The molecule has 0 aliphatic rings. The summed E-state index contributed by atoms with van der Waals surface area (Å²) in [5, 5.41) is 6.23. The molecule has 1 amide bonds. The van der Waals surface area contributed by atoms with Gasteiger partial charge in [-0.2, -0.15) is 0 Å². The highest BCUT2D eigenvalue weighted by Crippen LogP contribution is 2.35. The van der Waals surface area contributed by atoms with E-state index in [9.17, 15) is 4.79 Å². The van der Waals surface area contributed by atoms with E-state index in [-0.39, 0.29) is 5.91 Å². The largest absolute Gasteiger partial charge is 0.493 e. The molecule has 2 aromatic rings. The summed E-state index contributed by atoms with van der Waals surface area (Å²) in [6, 6.07) is 14.3. The van der Waals surface area contributed by atoms with E-state index in [1.165, 1.54) is 6.92 Å². The third kappa shape index (κ3) is 5.50. The molecule has 0 unspecified atom stereocenters. The Hall–Kier alpha value is -2.53. The van der Waals surface area contributed by atoms with E-state index in [1.807, 2.05) is 30.3 Å². The number of ether oxygens (including phenoxy) is 2. The first-order valence-electron chi connectivity index (χ1n) is 8.41. The lowest BCUT2D eigenvalue weighted by Crippen LogP contribution is -2.25. The zero-order valence-corrected chi connectivity index (χ0v) is 15.1. The Bertz CT molecular complexity index is 687. The average Bonchev–Trinajstić information content (AvgIpc) is 2.64. The topological polar surface area (TPSA) is 59.6 Å². The van der Waals surface area contributed by atoms with Crippen LogP contribution in [0.5, 0.6) is 11.5 Å². The van der Waals surface area contributed by atoms with Gasteiger partial charge in [0.25, 0.3) is 0 Å². The van der Waals surface area contributed by atoms with Crippen LogP contribution >= 0.6 is 0 Å². The van der Waals surface area contributed by atoms with Crippen molar-refractivity contribution in [2.75, 3.05) is 27.3 Å². The van der Waals surface area contributed by atoms with Gasteiger partial charge in [-0.15, -0.1) is 0 Å². The van der Waals surface area contributed by atoms with Gasteiger partial charge in [-0.3, -0.25) is 4.79 Å². The molecule has 0 saturated carbocycles. The van der Waals surface area contributed by atoms with Crippen molar-refractivity contribution < 1.29 is 14.3 Å². The number of nitrogens with one attached hydrogen (secondary N) is 2. The number of carbonyl (C=O) groups excluding carboxylic acids is 1. The standard InChI is InChI=1S/C20H26N2O3/c1-15(23)22-11-7-10-21-14-17-12-19(24-2)20(25-3)13-18(17)16-8-5-4-6-9-16/h4-6,8-9,12-13,21H,7,10-11,14H2,1-3H3,(H,22,23). The van der Waals surface area contributed by atoms with E-state index in [4.69, 9.17) is 9.47 Å². The van der Waals surface area contributed by atoms with Crippen LogP contribution < -0.4 is 20.1 Å². The van der Waals surface area contributed by atoms with Gasteiger partial charge in [0.05, 0.1) is 14.2 Å². The Labute approximate surface area is 149 Å². The van der Waals surface area contributed by atoms with Crippen molar-refractivity contribution in [2.45, 2.75) is 19.9 Å². The molecule has 0 aliphatic carbocycles. The predicted octanol–water partition coefficient (Wildman–Crippen LogP) is 2.99. The number of hydrogen-bond acceptors (Lipinski definition) is 4. The van der Waals surface area contributed by atoms with Crippen molar-refractivity contribution >= 4 is 5.91 Å². The van der Waals surface area contributed by atoms with Gasteiger partial charge in [-0.25, -0.2) is 0 Å². The van der Waals surface area contributed by atoms with Crippen LogP contribution in [0.4, 0.5) is 0 Å². The summed E-state index contributed by atoms with van der Waals surface area (Å²) in [6.07, 6.45) is 0.882. The Morgan fingerprint density at radius 2 is 1.68 bits per heavy atom. The molecule has 0 bridgehead atoms. The number of benzene rings is 2. The van der Waals surface area contributed by atoms with Crippen LogP contribution in [-0.2, 0) is 11.3 Å². The molecule has 2 N–H and O–H groups in total. The first-order valence-corrected chi connectivity index (χ1v) is 8.41. The number of methoxy groups -OCH3 is 2. The van der Waals surface area contributed by atoms with Gasteiger partial charge in [0.2, 0.25) is 5.91 Å². The fourth-order valence-corrected chi connectivity index (χ4v) is 2.65. The van der Waals surface area contributed by atoms with E-state index in [1.54, 1.807) is 14.2 Å². The van der Waals surface area contributed by atoms with Gasteiger partial charge in [0, 0.05) is 20.0 Å². The summed E-state index contributed by atoms with van der Waals surface area (Å²) in [5.74, 6) is 1.44. The summed E-state index contributed by atoms with van der Waals surface area (Å²) >= 11 is 0. The molecule has 0 atom stereocenters. The van der Waals surface area contributed by atoms with Crippen LogP contribution in [0.25, 0.3) is 11.1 Å². The maximum absolute atomic E-state index is 10.9. The SMILES string of the molecule is COc1cc(CNCCCNC(C)=O)c(-c2ccccc2)cc1OC. The molecule has 0 aromatic heterocycles. The van der Waals surface area contributed by atoms with Crippen LogP contribution in [0.1, 0.15) is 18.9 Å². The van der Waals surface area contributed by atoms with E-state index >= 15 is 0 Å². The molecule has 2 aromatic carbocycles. The number of carbonyl (C=O) groups is 1. The van der Waals surface area contributed by atoms with Crippen molar-refractivity contribution in [3.05, 3.63) is 48.0 Å². The molecule has 0 saturated heterocycles. The Balaban J connectivity index is 2.13. The molecular formula is C20H26N2O3. The van der Waals surface area contributed by atoms with Crippen LogP contribution in [-0.4, -0.2) is 33.2 Å². The molecule has 0 fully saturated rings. The summed E-state index contributed by atoms with van der Waals surface area (Å²) in [4.78, 5) is 10.9. The maximum atomic E-state index is 10.9. The average molecular weight is 342 g/mol. The quantitative estimate of drug-likeness (QED) is 0.688. The van der Waals surface area contributed by atoms with E-state index in [0.29, 0.717) is 13.1 Å². The van der Waals surface area contributed by atoms with Crippen LogP contribution in [0.3, 0.4) is 0 Å². The fraction of sp³-hybridized carbons (Fsp3) is 0.350. The molecule has 2 rings (SSSR count). The van der Waals surface area contributed by atoms with Crippen molar-refractivity contribution in [2.24, 2.45) is 0 Å². The minimum absolute atomic E-state index is 0.00579. The Kier molecular flexibility index (Phi) is 7.29. The second kappa shape index (κ2) is 9.69. The lowest BCUT2D eigenvalue weighted by atomic mass is 9.98. The normalized spacial score (nSPS) is 10.4. The fourth-order valence-electron chi connectivity index (χ4n) is 2.65. The van der Waals surface area contributed by atoms with Crippen LogP contribution in [0.2, 0.25) is 0 Å². The molecule has 0 radical (unpaired) electrons. The predicted molar refractivity (Wildman–Crippen MR) is 100.0 cm³/mol. The second-order valence-corrected chi connectivity index (χ2v) is 5.74. The third-order valence-corrected chi connectivity index (χ3v) is 3.91. The Morgan fingerprint density at radius 1 is 1.00 bits per heavy atom. The van der Waals surface area contributed by atoms with Gasteiger partial charge < -0.3 is 20.1 Å². The smallest absolute Gasteiger partial charge is 0.216 e. The van der Waals surface area contributed by atoms with Crippen LogP contribution in [0.15, 0.2) is 42.5 Å². The highest BCUT2D eigenvalue weighted by Gasteiger charge is 2.12. The van der Waals surface area contributed by atoms with E-state index < -0.39 is 0 Å². The van der Waals surface area contributed by atoms with Gasteiger partial charge in [-0.05, 0) is 41.8 Å². The van der Waals surface area contributed by atoms with Crippen molar-refractivity contribution in [3.63, 3.8) is 0 Å². The zero-order chi connectivity index (χ0) is 18.1. The van der Waals surface area contributed by atoms with Crippen molar-refractivity contribution in [1.29, 1.82) is 0 Å². The molecule has 134 valence electrons. The number of hydrogen-bond donors (Lipinski definition) is 2. The zero-order valence-electron chi connectivity index (χ0n) is 15.1. The second-order valence-electron chi connectivity index (χ2n) is 5.74. The third-order valence-electron chi connectivity index (χ3n) is 3.91. The number of rotatable bonds is 9. The van der Waals surface area contributed by atoms with E-state index in [2.05, 4.69) is 22.8 Å². The van der Waals surface area contributed by atoms with Gasteiger partial charge in [0.1, 0.15) is 0 Å². The summed E-state index contributed by atoms with van der Waals surface area (Å²) < 4.78 is 10.9. The summed E-state index contributed by atoms with van der Waals surface area (Å²) in [7, 11) is 3.29. The first kappa shape index (κ1) is 18.8. The molecule has 25 heavy (non-hydrogen) atoms. The van der Waals surface area contributed by atoms with Crippen LogP contribution in [0, 0.1) is 0 Å². The molecule has 5 heteroatoms. The highest BCUT2D eigenvalue weighted by molar-refractivity contribution is 5.72. The van der Waals surface area contributed by atoms with E-state index in [0.717, 1.165) is 41.2 Å². The Morgan fingerprint density at radius 3 is 2.32 bits per heavy atom. The summed E-state index contributed by atoms with van der Waals surface area (Å²) in [6.45, 7) is 3.75. The maximum Gasteiger partial charge on any atom is 0.216 e. The van der Waals surface area contributed by atoms with Crippen molar-refractivity contribution in [1.82, 2.24) is 10.6 Å².